The Morgan fingerprint density at radius 3 is 2.88 bits per heavy atom. The topological polar surface area (TPSA) is 32.3 Å². The van der Waals surface area contributed by atoms with Gasteiger partial charge in [0.1, 0.15) is 0 Å². The number of carbonyl (C=O) groups is 1. The highest BCUT2D eigenvalue weighted by atomic mass is 16.2. The van der Waals surface area contributed by atoms with Crippen LogP contribution in [0.3, 0.4) is 0 Å². The van der Waals surface area contributed by atoms with Crippen molar-refractivity contribution in [2.45, 2.75) is 19.3 Å². The second-order valence-corrected chi connectivity index (χ2v) is 4.52. The minimum Gasteiger partial charge on any atom is -0.384 e. The van der Waals surface area contributed by atoms with Crippen molar-refractivity contribution >= 4 is 11.6 Å². The van der Waals surface area contributed by atoms with Crippen LogP contribution in [-0.4, -0.2) is 30.4 Å². The maximum atomic E-state index is 12.3. The van der Waals surface area contributed by atoms with E-state index in [9.17, 15) is 4.79 Å². The number of likely N-dealkylation sites (tertiary alicyclic amines) is 1. The van der Waals surface area contributed by atoms with Gasteiger partial charge in [0.2, 0.25) is 0 Å². The number of benzene rings is 1. The van der Waals surface area contributed by atoms with Crippen LogP contribution < -0.4 is 5.32 Å². The Morgan fingerprint density at radius 2 is 2.06 bits per heavy atom. The van der Waals surface area contributed by atoms with Crippen LogP contribution in [-0.2, 0) is 6.42 Å². The normalized spacial score (nSPS) is 18.4. The first-order valence-electron chi connectivity index (χ1n) is 6.01. The third-order valence-electron chi connectivity index (χ3n) is 3.47. The van der Waals surface area contributed by atoms with E-state index in [2.05, 4.69) is 11.4 Å². The Balaban J connectivity index is 1.94. The van der Waals surface area contributed by atoms with Crippen LogP contribution in [0.25, 0.3) is 0 Å². The lowest BCUT2D eigenvalue weighted by atomic mass is 10.1. The molecule has 2 heterocycles. The Hall–Kier alpha value is -1.51. The average molecular weight is 216 g/mol. The van der Waals surface area contributed by atoms with Crippen LogP contribution in [0, 0.1) is 0 Å². The van der Waals surface area contributed by atoms with Crippen molar-refractivity contribution in [3.8, 4) is 0 Å². The van der Waals surface area contributed by atoms with Crippen molar-refractivity contribution in [3.05, 3.63) is 29.3 Å². The molecule has 0 atom stereocenters. The van der Waals surface area contributed by atoms with Gasteiger partial charge in [-0.2, -0.15) is 0 Å². The number of fused-ring (bicyclic) bond motifs is 1. The summed E-state index contributed by atoms with van der Waals surface area (Å²) in [5.41, 5.74) is 3.21. The maximum Gasteiger partial charge on any atom is 0.255 e. The highest BCUT2D eigenvalue weighted by Crippen LogP contribution is 2.28. The zero-order valence-corrected chi connectivity index (χ0v) is 9.33. The summed E-state index contributed by atoms with van der Waals surface area (Å²) in [6, 6.07) is 6.04. The summed E-state index contributed by atoms with van der Waals surface area (Å²) in [6.45, 7) is 2.80. The zero-order valence-electron chi connectivity index (χ0n) is 9.33. The summed E-state index contributed by atoms with van der Waals surface area (Å²) in [6.07, 6.45) is 3.33. The second-order valence-electron chi connectivity index (χ2n) is 4.52. The summed E-state index contributed by atoms with van der Waals surface area (Å²) in [5.74, 6) is 0.198. The third-order valence-corrected chi connectivity index (χ3v) is 3.47. The number of nitrogens with one attached hydrogen (secondary N) is 1. The molecule has 1 saturated heterocycles. The molecule has 0 unspecified atom stereocenters. The van der Waals surface area contributed by atoms with Gasteiger partial charge in [0.15, 0.2) is 0 Å². The van der Waals surface area contributed by atoms with Crippen molar-refractivity contribution in [1.29, 1.82) is 0 Å². The first-order chi connectivity index (χ1) is 7.86. The summed E-state index contributed by atoms with van der Waals surface area (Å²) >= 11 is 0. The molecule has 0 bridgehead atoms. The SMILES string of the molecule is O=C(c1cccc2c1NCC2)N1CCCC1. The Morgan fingerprint density at radius 1 is 1.25 bits per heavy atom. The number of rotatable bonds is 1. The lowest BCUT2D eigenvalue weighted by Gasteiger charge is -2.17. The van der Waals surface area contributed by atoms with Gasteiger partial charge >= 0.3 is 0 Å². The number of nitrogens with zero attached hydrogens (tertiary/aromatic N) is 1. The van der Waals surface area contributed by atoms with Crippen molar-refractivity contribution in [1.82, 2.24) is 4.90 Å². The average Bonchev–Trinajstić information content (AvgIpc) is 2.98. The van der Waals surface area contributed by atoms with E-state index in [-0.39, 0.29) is 5.91 Å². The molecular formula is C13H16N2O. The van der Waals surface area contributed by atoms with Gasteiger partial charge in [-0.05, 0) is 30.9 Å². The number of carbonyl (C=O) groups excluding carboxylic acids is 1. The summed E-state index contributed by atoms with van der Waals surface area (Å²) in [4.78, 5) is 14.3. The predicted octanol–water partition coefficient (Wildman–Crippen LogP) is 1.89. The Bertz CT molecular complexity index is 422. The van der Waals surface area contributed by atoms with E-state index in [1.807, 2.05) is 17.0 Å². The van der Waals surface area contributed by atoms with E-state index >= 15 is 0 Å². The summed E-state index contributed by atoms with van der Waals surface area (Å²) in [7, 11) is 0. The maximum absolute atomic E-state index is 12.3. The van der Waals surface area contributed by atoms with Crippen molar-refractivity contribution < 1.29 is 4.79 Å². The van der Waals surface area contributed by atoms with Gasteiger partial charge in [0.25, 0.3) is 5.91 Å². The fraction of sp³-hybridized carbons (Fsp3) is 0.462. The molecule has 16 heavy (non-hydrogen) atoms. The highest BCUT2D eigenvalue weighted by Gasteiger charge is 2.24. The first-order valence-corrected chi connectivity index (χ1v) is 6.01. The van der Waals surface area contributed by atoms with E-state index in [1.54, 1.807) is 0 Å². The molecule has 0 saturated carbocycles. The van der Waals surface area contributed by atoms with Crippen LogP contribution >= 0.6 is 0 Å². The fourth-order valence-corrected chi connectivity index (χ4v) is 2.61. The number of hydrogen-bond donors (Lipinski definition) is 1. The van der Waals surface area contributed by atoms with Crippen LogP contribution in [0.2, 0.25) is 0 Å². The van der Waals surface area contributed by atoms with E-state index in [4.69, 9.17) is 0 Å². The molecule has 84 valence electrons. The minimum atomic E-state index is 0.198. The molecule has 1 amide bonds. The molecular weight excluding hydrogens is 200 g/mol. The summed E-state index contributed by atoms with van der Waals surface area (Å²) < 4.78 is 0. The van der Waals surface area contributed by atoms with E-state index in [0.29, 0.717) is 0 Å². The van der Waals surface area contributed by atoms with Gasteiger partial charge in [0, 0.05) is 19.6 Å². The van der Waals surface area contributed by atoms with E-state index in [1.165, 1.54) is 5.56 Å². The second kappa shape index (κ2) is 3.81. The zero-order chi connectivity index (χ0) is 11.0. The molecule has 3 rings (SSSR count). The number of amides is 1. The van der Waals surface area contributed by atoms with Gasteiger partial charge < -0.3 is 10.2 Å². The first kappa shape index (κ1) is 9.70. The van der Waals surface area contributed by atoms with E-state index in [0.717, 1.165) is 50.1 Å². The third kappa shape index (κ3) is 1.47. The molecule has 0 radical (unpaired) electrons. The molecule has 0 spiro atoms. The van der Waals surface area contributed by atoms with Crippen LogP contribution in [0.4, 0.5) is 5.69 Å². The molecule has 3 nitrogen and oxygen atoms in total. The standard InChI is InChI=1S/C13H16N2O/c16-13(15-8-1-2-9-15)11-5-3-4-10-6-7-14-12(10)11/h3-5,14H,1-2,6-9H2. The van der Waals surface area contributed by atoms with Gasteiger partial charge in [-0.1, -0.05) is 12.1 Å². The van der Waals surface area contributed by atoms with Crippen molar-refractivity contribution in [2.75, 3.05) is 25.0 Å². The monoisotopic (exact) mass is 216 g/mol. The Kier molecular flexibility index (Phi) is 2.31. The van der Waals surface area contributed by atoms with Gasteiger partial charge in [0.05, 0.1) is 11.3 Å². The number of para-hydroxylation sites is 1. The largest absolute Gasteiger partial charge is 0.384 e. The minimum absolute atomic E-state index is 0.198. The molecule has 1 aromatic rings. The van der Waals surface area contributed by atoms with Crippen LogP contribution in [0.15, 0.2) is 18.2 Å². The van der Waals surface area contributed by atoms with E-state index < -0.39 is 0 Å². The molecule has 0 aliphatic carbocycles. The molecule has 0 aromatic heterocycles. The highest BCUT2D eigenvalue weighted by molar-refractivity contribution is 6.00. The number of hydrogen-bond acceptors (Lipinski definition) is 2. The lowest BCUT2D eigenvalue weighted by Crippen LogP contribution is -2.28. The smallest absolute Gasteiger partial charge is 0.255 e. The predicted molar refractivity (Wildman–Crippen MR) is 63.8 cm³/mol. The van der Waals surface area contributed by atoms with Crippen LogP contribution in [0.1, 0.15) is 28.8 Å². The van der Waals surface area contributed by atoms with Crippen LogP contribution in [0.5, 0.6) is 0 Å². The molecule has 1 N–H and O–H groups in total. The molecule has 1 fully saturated rings. The van der Waals surface area contributed by atoms with Gasteiger partial charge in [-0.15, -0.1) is 0 Å². The lowest BCUT2D eigenvalue weighted by molar-refractivity contribution is 0.0794. The van der Waals surface area contributed by atoms with Gasteiger partial charge in [-0.25, -0.2) is 0 Å². The fourth-order valence-electron chi connectivity index (χ4n) is 2.61. The molecule has 1 aromatic carbocycles. The Labute approximate surface area is 95.4 Å². The molecule has 2 aliphatic rings. The summed E-state index contributed by atoms with van der Waals surface area (Å²) in [5, 5.41) is 3.33. The molecule has 3 heteroatoms. The van der Waals surface area contributed by atoms with Crippen molar-refractivity contribution in [2.24, 2.45) is 0 Å². The van der Waals surface area contributed by atoms with Crippen molar-refractivity contribution in [3.63, 3.8) is 0 Å². The number of anilines is 1. The van der Waals surface area contributed by atoms with Gasteiger partial charge in [-0.3, -0.25) is 4.79 Å². The molecule has 2 aliphatic heterocycles. The quantitative estimate of drug-likeness (QED) is 0.777.